The van der Waals surface area contributed by atoms with E-state index in [1.165, 1.54) is 6.42 Å². The molecule has 2 rings (SSSR count). The number of urea groups is 1. The molecule has 0 radical (unpaired) electrons. The van der Waals surface area contributed by atoms with Crippen molar-refractivity contribution in [3.63, 3.8) is 0 Å². The minimum absolute atomic E-state index is 0. The van der Waals surface area contributed by atoms with Crippen molar-refractivity contribution in [2.75, 3.05) is 39.4 Å². The van der Waals surface area contributed by atoms with Crippen LogP contribution in [0, 0.1) is 0 Å². The third-order valence-corrected chi connectivity index (χ3v) is 2.91. The Balaban J connectivity index is 0.00000112. The topological polar surface area (TPSA) is 32.8 Å². The number of hydrogen-bond donors (Lipinski definition) is 0. The number of morpholine rings is 1. The van der Waals surface area contributed by atoms with Crippen molar-refractivity contribution in [3.8, 4) is 0 Å². The molecular formula is C10H19ClN2O2. The monoisotopic (exact) mass is 234 g/mol. The molecule has 0 N–H and O–H groups in total. The maximum atomic E-state index is 11.9. The Morgan fingerprint density at radius 2 is 1.40 bits per heavy atom. The Bertz CT molecular complexity index is 182. The molecule has 0 saturated carbocycles. The van der Waals surface area contributed by atoms with Gasteiger partial charge in [0.05, 0.1) is 13.2 Å². The molecule has 2 fully saturated rings. The molecule has 0 aromatic carbocycles. The Labute approximate surface area is 97.0 Å². The quantitative estimate of drug-likeness (QED) is 0.634. The Morgan fingerprint density at radius 1 is 0.867 bits per heavy atom. The molecule has 0 aliphatic carbocycles. The van der Waals surface area contributed by atoms with E-state index in [4.69, 9.17) is 4.74 Å². The summed E-state index contributed by atoms with van der Waals surface area (Å²) < 4.78 is 5.22. The highest BCUT2D eigenvalue weighted by Gasteiger charge is 2.23. The van der Waals surface area contributed by atoms with Gasteiger partial charge in [0.1, 0.15) is 0 Å². The van der Waals surface area contributed by atoms with Crippen LogP contribution >= 0.6 is 12.4 Å². The van der Waals surface area contributed by atoms with E-state index in [0.29, 0.717) is 13.2 Å². The number of carbonyl (C=O) groups excluding carboxylic acids is 1. The van der Waals surface area contributed by atoms with Crippen LogP contribution in [0.25, 0.3) is 0 Å². The zero-order chi connectivity index (χ0) is 9.80. The second-order valence-electron chi connectivity index (χ2n) is 3.93. The van der Waals surface area contributed by atoms with Crippen molar-refractivity contribution >= 4 is 18.4 Å². The number of nitrogens with zero attached hydrogens (tertiary/aromatic N) is 2. The second kappa shape index (κ2) is 6.18. The van der Waals surface area contributed by atoms with Crippen molar-refractivity contribution in [1.82, 2.24) is 9.80 Å². The lowest BCUT2D eigenvalue weighted by atomic mass is 10.1. The van der Waals surface area contributed by atoms with E-state index >= 15 is 0 Å². The van der Waals surface area contributed by atoms with Gasteiger partial charge >= 0.3 is 6.03 Å². The zero-order valence-corrected chi connectivity index (χ0v) is 9.80. The highest BCUT2D eigenvalue weighted by molar-refractivity contribution is 5.85. The first kappa shape index (κ1) is 12.6. The molecule has 4 nitrogen and oxygen atoms in total. The summed E-state index contributed by atoms with van der Waals surface area (Å²) in [6.07, 6.45) is 3.60. The van der Waals surface area contributed by atoms with E-state index in [1.807, 2.05) is 9.80 Å². The maximum absolute atomic E-state index is 11.9. The molecule has 0 spiro atoms. The van der Waals surface area contributed by atoms with Gasteiger partial charge in [-0.2, -0.15) is 0 Å². The molecule has 2 saturated heterocycles. The number of hydrogen-bond acceptors (Lipinski definition) is 2. The Hall–Kier alpha value is -0.480. The lowest BCUT2D eigenvalue weighted by Crippen LogP contribution is -2.49. The maximum Gasteiger partial charge on any atom is 0.320 e. The van der Waals surface area contributed by atoms with Crippen molar-refractivity contribution in [2.45, 2.75) is 19.3 Å². The summed E-state index contributed by atoms with van der Waals surface area (Å²) in [5, 5.41) is 0. The standard InChI is InChI=1S/C10H18N2O2.ClH/c13-10(11-4-2-1-3-5-11)12-6-8-14-9-7-12;/h1-9H2;1H. The Morgan fingerprint density at radius 3 is 2.00 bits per heavy atom. The molecule has 2 heterocycles. The van der Waals surface area contributed by atoms with Crippen LogP contribution in [0.5, 0.6) is 0 Å². The number of amides is 2. The average Bonchev–Trinajstić information content (AvgIpc) is 2.30. The molecule has 15 heavy (non-hydrogen) atoms. The van der Waals surface area contributed by atoms with Crippen molar-refractivity contribution in [2.24, 2.45) is 0 Å². The molecule has 0 bridgehead atoms. The lowest BCUT2D eigenvalue weighted by molar-refractivity contribution is 0.0417. The van der Waals surface area contributed by atoms with Gasteiger partial charge in [0, 0.05) is 26.2 Å². The summed E-state index contributed by atoms with van der Waals surface area (Å²) in [6, 6.07) is 0.216. The number of rotatable bonds is 0. The van der Waals surface area contributed by atoms with E-state index in [1.54, 1.807) is 0 Å². The van der Waals surface area contributed by atoms with Gasteiger partial charge in [-0.3, -0.25) is 0 Å². The summed E-state index contributed by atoms with van der Waals surface area (Å²) in [4.78, 5) is 15.8. The minimum atomic E-state index is 0. The number of likely N-dealkylation sites (tertiary alicyclic amines) is 1. The first-order valence-corrected chi connectivity index (χ1v) is 5.49. The van der Waals surface area contributed by atoms with Crippen LogP contribution in [0.3, 0.4) is 0 Å². The lowest BCUT2D eigenvalue weighted by Gasteiger charge is -2.34. The van der Waals surface area contributed by atoms with Crippen LogP contribution in [0.4, 0.5) is 4.79 Å². The van der Waals surface area contributed by atoms with Crippen LogP contribution in [-0.2, 0) is 4.74 Å². The predicted molar refractivity (Wildman–Crippen MR) is 60.5 cm³/mol. The summed E-state index contributed by atoms with van der Waals surface area (Å²) >= 11 is 0. The van der Waals surface area contributed by atoms with Crippen molar-refractivity contribution < 1.29 is 9.53 Å². The first-order valence-electron chi connectivity index (χ1n) is 5.49. The fraction of sp³-hybridized carbons (Fsp3) is 0.900. The zero-order valence-electron chi connectivity index (χ0n) is 8.98. The molecule has 88 valence electrons. The van der Waals surface area contributed by atoms with Crippen LogP contribution in [0.1, 0.15) is 19.3 Å². The molecule has 2 aliphatic heterocycles. The van der Waals surface area contributed by atoms with Crippen molar-refractivity contribution in [1.29, 1.82) is 0 Å². The van der Waals surface area contributed by atoms with Gasteiger partial charge in [0.25, 0.3) is 0 Å². The van der Waals surface area contributed by atoms with Gasteiger partial charge in [-0.15, -0.1) is 12.4 Å². The predicted octanol–water partition coefficient (Wildman–Crippen LogP) is 1.35. The molecule has 0 unspecified atom stereocenters. The third-order valence-electron chi connectivity index (χ3n) is 2.91. The summed E-state index contributed by atoms with van der Waals surface area (Å²) in [7, 11) is 0. The van der Waals surface area contributed by atoms with Crippen LogP contribution < -0.4 is 0 Å². The van der Waals surface area contributed by atoms with Crippen LogP contribution in [0.15, 0.2) is 0 Å². The van der Waals surface area contributed by atoms with Gasteiger partial charge in [-0.25, -0.2) is 4.79 Å². The molecule has 0 aromatic rings. The van der Waals surface area contributed by atoms with Crippen molar-refractivity contribution in [3.05, 3.63) is 0 Å². The summed E-state index contributed by atoms with van der Waals surface area (Å²) in [6.45, 7) is 4.79. The van der Waals surface area contributed by atoms with E-state index < -0.39 is 0 Å². The molecule has 2 aliphatic rings. The number of ether oxygens (including phenoxy) is 1. The fourth-order valence-electron chi connectivity index (χ4n) is 2.04. The third kappa shape index (κ3) is 3.24. The van der Waals surface area contributed by atoms with E-state index in [2.05, 4.69) is 0 Å². The average molecular weight is 235 g/mol. The van der Waals surface area contributed by atoms with Crippen LogP contribution in [0.2, 0.25) is 0 Å². The summed E-state index contributed by atoms with van der Waals surface area (Å²) in [5.41, 5.74) is 0. The highest BCUT2D eigenvalue weighted by Crippen LogP contribution is 2.11. The van der Waals surface area contributed by atoms with Gasteiger partial charge < -0.3 is 14.5 Å². The van der Waals surface area contributed by atoms with Gasteiger partial charge in [0.2, 0.25) is 0 Å². The first-order chi connectivity index (χ1) is 6.88. The molecule has 5 heteroatoms. The number of carbonyl (C=O) groups is 1. The summed E-state index contributed by atoms with van der Waals surface area (Å²) in [5.74, 6) is 0. The molecule has 0 aromatic heterocycles. The molecular weight excluding hydrogens is 216 g/mol. The van der Waals surface area contributed by atoms with Gasteiger partial charge in [0.15, 0.2) is 0 Å². The number of piperidine rings is 1. The molecule has 2 amide bonds. The Kier molecular flexibility index (Phi) is 5.19. The van der Waals surface area contributed by atoms with E-state index in [9.17, 15) is 4.79 Å². The van der Waals surface area contributed by atoms with Gasteiger partial charge in [-0.1, -0.05) is 0 Å². The second-order valence-corrected chi connectivity index (χ2v) is 3.93. The minimum Gasteiger partial charge on any atom is -0.378 e. The van der Waals surface area contributed by atoms with E-state index in [-0.39, 0.29) is 18.4 Å². The fourth-order valence-corrected chi connectivity index (χ4v) is 2.04. The smallest absolute Gasteiger partial charge is 0.320 e. The normalized spacial score (nSPS) is 22.1. The highest BCUT2D eigenvalue weighted by atomic mass is 35.5. The SMILES string of the molecule is Cl.O=C(N1CCCCC1)N1CCOCC1. The molecule has 0 atom stereocenters. The van der Waals surface area contributed by atoms with Gasteiger partial charge in [-0.05, 0) is 19.3 Å². The van der Waals surface area contributed by atoms with Crippen LogP contribution in [-0.4, -0.2) is 55.2 Å². The number of halogens is 1. The van der Waals surface area contributed by atoms with E-state index in [0.717, 1.165) is 39.0 Å². The largest absolute Gasteiger partial charge is 0.378 e.